The van der Waals surface area contributed by atoms with Gasteiger partial charge in [-0.25, -0.2) is 33.7 Å². The van der Waals surface area contributed by atoms with Crippen molar-refractivity contribution in [1.29, 1.82) is 0 Å². The Morgan fingerprint density at radius 1 is 0.455 bits per heavy atom. The van der Waals surface area contributed by atoms with Crippen LogP contribution in [0.15, 0.2) is 0 Å². The molecule has 0 aromatic rings. The van der Waals surface area contributed by atoms with E-state index in [1.54, 1.807) is 0 Å². The van der Waals surface area contributed by atoms with E-state index in [4.69, 9.17) is 51.9 Å². The third-order valence-corrected chi connectivity index (χ3v) is 0. The number of hydrogen-bond donors (Lipinski definition) is 0. The Labute approximate surface area is 145 Å². The summed E-state index contributed by atoms with van der Waals surface area (Å²) in [7, 11) is -15.7. The fraction of sp³-hybridized carbons (Fsp3) is 1.00. The summed E-state index contributed by atoms with van der Waals surface area (Å²) in [6.07, 6.45) is 2.42. The Morgan fingerprint density at radius 3 is 0.455 bits per heavy atom. The van der Waals surface area contributed by atoms with Crippen LogP contribution >= 0.6 is 0 Å². The van der Waals surface area contributed by atoms with Crippen LogP contribution < -0.4 is 0 Å². The molecule has 0 atom stereocenters. The summed E-state index contributed by atoms with van der Waals surface area (Å²) in [6.45, 7) is 0. The zero-order valence-corrected chi connectivity index (χ0v) is 17.6. The van der Waals surface area contributed by atoms with Crippen molar-refractivity contribution in [3.05, 3.63) is 0 Å². The summed E-state index contributed by atoms with van der Waals surface area (Å²) in [5.74, 6) is 0. The minimum atomic E-state index is -3.92. The second kappa shape index (κ2) is 14.9. The standard InChI is InChI=1S/4CH4O3S.FH.Sn/c4*1-5(2,3)4;;/h4*1H3,(H,2,3,4);1H;/q;;;;;+4/p-4. The molecule has 136 valence electrons. The molecule has 0 aromatic carbocycles. The van der Waals surface area contributed by atoms with Gasteiger partial charge in [0, 0.05) is 25.0 Å². The first-order valence-corrected chi connectivity index (χ1v) is 10.9. The molecule has 0 fully saturated rings. The monoisotopic (exact) mass is 520 g/mol. The maximum Gasteiger partial charge on any atom is 4.00 e. The van der Waals surface area contributed by atoms with Gasteiger partial charge in [0.1, 0.15) is 0 Å². The van der Waals surface area contributed by atoms with E-state index in [-0.39, 0.29) is 28.6 Å². The zero-order chi connectivity index (χ0) is 18.0. The molecule has 0 aliphatic heterocycles. The van der Waals surface area contributed by atoms with Crippen molar-refractivity contribution < 1.29 is 56.6 Å². The molecule has 0 heterocycles. The van der Waals surface area contributed by atoms with E-state index >= 15 is 0 Å². The average Bonchev–Trinajstić information content (AvgIpc) is 1.62. The van der Waals surface area contributed by atoms with Gasteiger partial charge >= 0.3 is 23.9 Å². The van der Waals surface area contributed by atoms with Crippen LogP contribution in [0.3, 0.4) is 0 Å². The molecule has 12 nitrogen and oxygen atoms in total. The summed E-state index contributed by atoms with van der Waals surface area (Å²) in [4.78, 5) is 0. The van der Waals surface area contributed by atoms with Crippen molar-refractivity contribution in [2.75, 3.05) is 25.0 Å². The minimum Gasteiger partial charge on any atom is -0.748 e. The van der Waals surface area contributed by atoms with Gasteiger partial charge in [-0.2, -0.15) is 0 Å². The summed E-state index contributed by atoms with van der Waals surface area (Å²) in [5.41, 5.74) is 0. The van der Waals surface area contributed by atoms with Gasteiger partial charge in [-0.3, -0.25) is 4.70 Å². The molecular weight excluding hydrogens is 506 g/mol. The first kappa shape index (κ1) is 38.1. The van der Waals surface area contributed by atoms with Crippen molar-refractivity contribution in [3.63, 3.8) is 0 Å². The van der Waals surface area contributed by atoms with Gasteiger partial charge < -0.3 is 18.2 Å². The summed E-state index contributed by atoms with van der Waals surface area (Å²) >= 11 is 0. The van der Waals surface area contributed by atoms with Crippen molar-refractivity contribution in [2.24, 2.45) is 0 Å². The maximum absolute atomic E-state index is 9.08. The number of halogens is 1. The van der Waals surface area contributed by atoms with Crippen LogP contribution in [0.1, 0.15) is 0 Å². The van der Waals surface area contributed by atoms with Crippen LogP contribution in [0.25, 0.3) is 0 Å². The van der Waals surface area contributed by atoms with Gasteiger partial charge in [0.25, 0.3) is 0 Å². The molecule has 0 spiro atoms. The number of rotatable bonds is 0. The molecule has 0 radical (unpaired) electrons. The molecule has 0 bridgehead atoms. The zero-order valence-electron chi connectivity index (χ0n) is 11.4. The summed E-state index contributed by atoms with van der Waals surface area (Å²) in [6, 6.07) is 0. The Kier molecular flexibility index (Phi) is 25.9. The molecule has 0 rings (SSSR count). The van der Waals surface area contributed by atoms with Crippen molar-refractivity contribution in [1.82, 2.24) is 0 Å². The quantitative estimate of drug-likeness (QED) is 0.223. The Morgan fingerprint density at radius 2 is 0.455 bits per heavy atom. The maximum atomic E-state index is 9.08. The number of hydrogen-bond acceptors (Lipinski definition) is 12. The topological polar surface area (TPSA) is 229 Å². The normalized spacial score (nSPS) is 10.5. The van der Waals surface area contributed by atoms with Gasteiger partial charge in [-0.15, -0.1) is 0 Å². The van der Waals surface area contributed by atoms with Crippen molar-refractivity contribution >= 4 is 64.4 Å². The van der Waals surface area contributed by atoms with E-state index in [0.717, 1.165) is 0 Å². The van der Waals surface area contributed by atoms with Gasteiger partial charge in [0.05, 0.1) is 40.5 Å². The second-order valence-corrected chi connectivity index (χ2v) is 8.45. The first-order valence-electron chi connectivity index (χ1n) is 3.63. The van der Waals surface area contributed by atoms with Crippen LogP contribution in [0.5, 0.6) is 0 Å². The summed E-state index contributed by atoms with van der Waals surface area (Å²) < 4.78 is 109. The Hall–Kier alpha value is 0.369. The van der Waals surface area contributed by atoms with Crippen LogP contribution in [0.4, 0.5) is 4.70 Å². The molecule has 0 aliphatic rings. The molecule has 0 aliphatic carbocycles. The van der Waals surface area contributed by atoms with E-state index in [2.05, 4.69) is 0 Å². The molecular formula is C4H13FO12S4Sn. The van der Waals surface area contributed by atoms with Gasteiger partial charge in [-0.1, -0.05) is 0 Å². The molecule has 0 aromatic heterocycles. The van der Waals surface area contributed by atoms with Gasteiger partial charge in [-0.05, 0) is 0 Å². The van der Waals surface area contributed by atoms with Crippen LogP contribution in [0.2, 0.25) is 0 Å². The second-order valence-electron chi connectivity index (χ2n) is 2.82. The predicted molar refractivity (Wildman–Crippen MR) is 70.7 cm³/mol. The third kappa shape index (κ3) is 56200. The Bertz CT molecular complexity index is 492. The van der Waals surface area contributed by atoms with Gasteiger partial charge in [0.15, 0.2) is 0 Å². The van der Waals surface area contributed by atoms with Crippen LogP contribution in [-0.4, -0.2) is 101 Å². The van der Waals surface area contributed by atoms with Crippen molar-refractivity contribution in [3.8, 4) is 0 Å². The van der Waals surface area contributed by atoms with E-state index in [1.165, 1.54) is 0 Å². The largest absolute Gasteiger partial charge is 4.00 e. The first-order chi connectivity index (χ1) is 8.00. The Balaban J connectivity index is -0.0000000376. The van der Waals surface area contributed by atoms with Gasteiger partial charge in [0.2, 0.25) is 0 Å². The molecule has 0 saturated carbocycles. The van der Waals surface area contributed by atoms with Crippen molar-refractivity contribution in [2.45, 2.75) is 0 Å². The minimum absolute atomic E-state index is 0. The fourth-order valence-corrected chi connectivity index (χ4v) is 0. The van der Waals surface area contributed by atoms with E-state index in [1.807, 2.05) is 0 Å². The molecule has 22 heavy (non-hydrogen) atoms. The van der Waals surface area contributed by atoms with Crippen LogP contribution in [-0.2, 0) is 40.5 Å². The molecule has 0 saturated heterocycles. The fourth-order valence-electron chi connectivity index (χ4n) is 0. The summed E-state index contributed by atoms with van der Waals surface area (Å²) in [5, 5.41) is 0. The van der Waals surface area contributed by atoms with Crippen LogP contribution in [0, 0.1) is 0 Å². The SMILES string of the molecule is CS(=O)(=O)[O-].CS(=O)(=O)[O-].CS(=O)(=O)[O-].CS(=O)(=O)[O-].F.[Sn+4]. The molecule has 0 amide bonds. The molecule has 0 N–H and O–H groups in total. The van der Waals surface area contributed by atoms with E-state index < -0.39 is 40.5 Å². The van der Waals surface area contributed by atoms with E-state index in [0.29, 0.717) is 25.0 Å². The van der Waals surface area contributed by atoms with E-state index in [9.17, 15) is 0 Å². The smallest absolute Gasteiger partial charge is 0.748 e. The third-order valence-electron chi connectivity index (χ3n) is 0. The molecule has 0 unspecified atom stereocenters. The average molecular weight is 519 g/mol. The predicted octanol–water partition coefficient (Wildman–Crippen LogP) is -3.58. The molecule has 18 heteroatoms.